The summed E-state index contributed by atoms with van der Waals surface area (Å²) in [5.74, 6) is -0.353. The molecular formula is C24H15NO8S3. The maximum atomic E-state index is 12.7. The number of nitrogens with zero attached hydrogens (tertiary/aromatic N) is 1. The van der Waals surface area contributed by atoms with Crippen molar-refractivity contribution in [1.29, 1.82) is 0 Å². The second-order valence-corrected chi connectivity index (χ2v) is 9.91. The van der Waals surface area contributed by atoms with Gasteiger partial charge in [-0.1, -0.05) is 57.2 Å². The fourth-order valence-corrected chi connectivity index (χ4v) is 5.34. The fourth-order valence-electron chi connectivity index (χ4n) is 2.93. The van der Waals surface area contributed by atoms with E-state index in [0.717, 1.165) is 14.3 Å². The lowest BCUT2D eigenvalue weighted by molar-refractivity contribution is -0.763. The molecule has 0 atom stereocenters. The average Bonchev–Trinajstić information content (AvgIpc) is 3.30. The van der Waals surface area contributed by atoms with Crippen molar-refractivity contribution in [3.05, 3.63) is 104 Å². The summed E-state index contributed by atoms with van der Waals surface area (Å²) in [6.45, 7) is -0.229. The van der Waals surface area contributed by atoms with Gasteiger partial charge in [-0.2, -0.15) is 0 Å². The highest BCUT2D eigenvalue weighted by Crippen LogP contribution is 2.30. The van der Waals surface area contributed by atoms with Crippen molar-refractivity contribution in [2.75, 3.05) is 0 Å². The first-order chi connectivity index (χ1) is 17.4. The maximum absolute atomic E-state index is 12.7. The van der Waals surface area contributed by atoms with Gasteiger partial charge in [0.2, 0.25) is 0 Å². The molecule has 0 aliphatic heterocycles. The van der Waals surface area contributed by atoms with Gasteiger partial charge in [-0.3, -0.25) is 0 Å². The van der Waals surface area contributed by atoms with E-state index in [2.05, 4.69) is 4.84 Å². The molecule has 4 rings (SSSR count). The minimum Gasteiger partial charge on any atom is -0.423 e. The smallest absolute Gasteiger partial charge is 0.423 e. The molecule has 12 heteroatoms. The van der Waals surface area contributed by atoms with Gasteiger partial charge in [-0.15, -0.1) is 10.1 Å². The number of esters is 1. The zero-order chi connectivity index (χ0) is 25.5. The zero-order valence-electron chi connectivity index (χ0n) is 18.2. The molecule has 36 heavy (non-hydrogen) atoms. The van der Waals surface area contributed by atoms with Crippen molar-refractivity contribution in [2.45, 2.75) is 6.61 Å². The Bertz CT molecular complexity index is 1450. The molecule has 0 radical (unpaired) electrons. The van der Waals surface area contributed by atoms with E-state index in [0.29, 0.717) is 5.56 Å². The minimum atomic E-state index is -1.02. The van der Waals surface area contributed by atoms with Crippen LogP contribution in [0.1, 0.15) is 15.9 Å². The largest absolute Gasteiger partial charge is 0.519 e. The standard InChI is InChI=1S/C24H15NO8S3/c26-23(31-17-9-5-15(6-10-17)14-30-25(28)29)19-3-1-2-4-20(19)33-24(27)32-18-11-7-16(8-12-18)21-13-22(34)36-35-21/h1-13H,14H2. The lowest BCUT2D eigenvalue weighted by Gasteiger charge is -2.10. The molecule has 0 aliphatic rings. The Balaban J connectivity index is 1.38. The lowest BCUT2D eigenvalue weighted by Crippen LogP contribution is -2.17. The number of hydrogen-bond acceptors (Lipinski definition) is 11. The lowest BCUT2D eigenvalue weighted by atomic mass is 10.2. The molecule has 4 aromatic rings. The van der Waals surface area contributed by atoms with Crippen molar-refractivity contribution in [1.82, 2.24) is 0 Å². The monoisotopic (exact) mass is 541 g/mol. The van der Waals surface area contributed by atoms with Gasteiger partial charge in [0.15, 0.2) is 0 Å². The van der Waals surface area contributed by atoms with E-state index in [1.54, 1.807) is 46.7 Å². The summed E-state index contributed by atoms with van der Waals surface area (Å²) in [5, 5.41) is 9.39. The number of ether oxygens (including phenoxy) is 3. The zero-order valence-corrected chi connectivity index (χ0v) is 20.6. The molecule has 0 saturated carbocycles. The molecule has 1 heterocycles. The first-order valence-electron chi connectivity index (χ1n) is 10.1. The molecule has 0 aliphatic carbocycles. The predicted molar refractivity (Wildman–Crippen MR) is 135 cm³/mol. The second kappa shape index (κ2) is 11.5. The molecular weight excluding hydrogens is 526 g/mol. The molecule has 0 bridgehead atoms. The highest BCUT2D eigenvalue weighted by Gasteiger charge is 2.18. The molecule has 0 fully saturated rings. The van der Waals surface area contributed by atoms with Gasteiger partial charge in [-0.25, -0.2) is 9.59 Å². The SMILES string of the molecule is O=C(Oc1ccc(-c2cc(=S)ss2)cc1)Oc1ccccc1C(=O)Oc1ccc(CO[N+](=O)[O-])cc1. The Labute approximate surface area is 216 Å². The van der Waals surface area contributed by atoms with Crippen LogP contribution in [0.15, 0.2) is 78.9 Å². The van der Waals surface area contributed by atoms with E-state index in [1.807, 2.05) is 6.07 Å². The van der Waals surface area contributed by atoms with Crippen LogP contribution >= 0.6 is 32.9 Å². The number of carbonyl (C=O) groups excluding carboxylic acids is 2. The molecule has 1 aromatic heterocycles. The van der Waals surface area contributed by atoms with Crippen molar-refractivity contribution < 1.29 is 33.7 Å². The molecule has 0 amide bonds. The third kappa shape index (κ3) is 6.72. The van der Waals surface area contributed by atoms with Gasteiger partial charge < -0.3 is 19.0 Å². The Hall–Kier alpha value is -4.13. The Morgan fingerprint density at radius 2 is 1.53 bits per heavy atom. The summed E-state index contributed by atoms with van der Waals surface area (Å²) >= 11 is 5.15. The van der Waals surface area contributed by atoms with Gasteiger partial charge in [0.25, 0.3) is 5.09 Å². The number of benzene rings is 3. The second-order valence-electron chi connectivity index (χ2n) is 7.00. The summed E-state index contributed by atoms with van der Waals surface area (Å²) in [6, 6.07) is 20.8. The number of carbonyl (C=O) groups is 2. The predicted octanol–water partition coefficient (Wildman–Crippen LogP) is 6.71. The Kier molecular flexibility index (Phi) is 8.00. The highest BCUT2D eigenvalue weighted by atomic mass is 32.9. The highest BCUT2D eigenvalue weighted by molar-refractivity contribution is 7.80. The van der Waals surface area contributed by atoms with Crippen LogP contribution in [-0.2, 0) is 11.4 Å². The summed E-state index contributed by atoms with van der Waals surface area (Å²) in [5.41, 5.74) is 1.47. The quantitative estimate of drug-likeness (QED) is 0.0456. The van der Waals surface area contributed by atoms with Gasteiger partial charge in [0.05, 0.1) is 0 Å². The van der Waals surface area contributed by atoms with Gasteiger partial charge in [-0.05, 0) is 65.7 Å². The number of hydrogen-bond donors (Lipinski definition) is 0. The van der Waals surface area contributed by atoms with E-state index in [-0.39, 0.29) is 29.4 Å². The summed E-state index contributed by atoms with van der Waals surface area (Å²) < 4.78 is 16.6. The summed E-state index contributed by atoms with van der Waals surface area (Å²) in [7, 11) is 3.07. The normalized spacial score (nSPS) is 10.3. The van der Waals surface area contributed by atoms with Gasteiger partial charge in [0.1, 0.15) is 33.2 Å². The first-order valence-corrected chi connectivity index (χ1v) is 12.7. The molecule has 0 N–H and O–H groups in total. The summed E-state index contributed by atoms with van der Waals surface area (Å²) in [6.07, 6.45) is -1.02. The van der Waals surface area contributed by atoms with E-state index in [9.17, 15) is 19.7 Å². The van der Waals surface area contributed by atoms with Crippen molar-refractivity contribution in [3.8, 4) is 27.7 Å². The Morgan fingerprint density at radius 1 is 0.861 bits per heavy atom. The van der Waals surface area contributed by atoms with E-state index in [4.69, 9.17) is 26.4 Å². The number of para-hydroxylation sites is 1. The molecule has 0 saturated heterocycles. The average molecular weight is 542 g/mol. The van der Waals surface area contributed by atoms with Crippen LogP contribution < -0.4 is 14.2 Å². The number of rotatable bonds is 8. The van der Waals surface area contributed by atoms with E-state index < -0.39 is 17.2 Å². The van der Waals surface area contributed by atoms with Crippen molar-refractivity contribution in [3.63, 3.8) is 0 Å². The van der Waals surface area contributed by atoms with Crippen molar-refractivity contribution in [2.24, 2.45) is 0 Å². The molecule has 9 nitrogen and oxygen atoms in total. The van der Waals surface area contributed by atoms with Crippen molar-refractivity contribution >= 4 is 45.0 Å². The first kappa shape index (κ1) is 25.0. The molecule has 182 valence electrons. The van der Waals surface area contributed by atoms with Crippen LogP contribution in [-0.4, -0.2) is 17.2 Å². The molecule has 3 aromatic carbocycles. The minimum absolute atomic E-state index is 0.00391. The van der Waals surface area contributed by atoms with Crippen LogP contribution in [0.4, 0.5) is 4.79 Å². The summed E-state index contributed by atoms with van der Waals surface area (Å²) in [4.78, 5) is 40.6. The third-order valence-electron chi connectivity index (χ3n) is 4.57. The van der Waals surface area contributed by atoms with Crippen LogP contribution in [0.3, 0.4) is 0 Å². The fraction of sp³-hybridized carbons (Fsp3) is 0.0417. The van der Waals surface area contributed by atoms with Crippen LogP contribution in [0.2, 0.25) is 0 Å². The molecule has 0 spiro atoms. The Morgan fingerprint density at radius 3 is 2.19 bits per heavy atom. The van der Waals surface area contributed by atoms with Gasteiger partial charge in [0, 0.05) is 4.88 Å². The molecule has 0 unspecified atom stereocenters. The van der Waals surface area contributed by atoms with Crippen LogP contribution in [0, 0.1) is 13.9 Å². The van der Waals surface area contributed by atoms with E-state index in [1.165, 1.54) is 46.7 Å². The van der Waals surface area contributed by atoms with Gasteiger partial charge >= 0.3 is 12.1 Å². The van der Waals surface area contributed by atoms with E-state index >= 15 is 0 Å². The van der Waals surface area contributed by atoms with Crippen LogP contribution in [0.5, 0.6) is 17.2 Å². The maximum Gasteiger partial charge on any atom is 0.519 e. The third-order valence-corrected chi connectivity index (χ3v) is 7.48. The topological polar surface area (TPSA) is 114 Å². The van der Waals surface area contributed by atoms with Crippen LogP contribution in [0.25, 0.3) is 10.4 Å².